The molecule has 0 unspecified atom stereocenters. The zero-order valence-corrected chi connectivity index (χ0v) is 10.7. The molecule has 0 radical (unpaired) electrons. The molecule has 0 amide bonds. The van der Waals surface area contributed by atoms with Gasteiger partial charge in [0.25, 0.3) is 0 Å². The monoisotopic (exact) mass is 234 g/mol. The summed E-state index contributed by atoms with van der Waals surface area (Å²) in [5, 5.41) is 0. The fraction of sp³-hybridized carbons (Fsp3) is 0.429. The van der Waals surface area contributed by atoms with Crippen LogP contribution in [0.15, 0.2) is 24.3 Å². The molecule has 0 heterocycles. The number of hydrogen-bond acceptors (Lipinski definition) is 3. The van der Waals surface area contributed by atoms with E-state index in [4.69, 9.17) is 4.74 Å². The number of esters is 1. The molecule has 0 N–H and O–H groups in total. The largest absolute Gasteiger partial charge is 0.451 e. The van der Waals surface area contributed by atoms with Crippen LogP contribution in [-0.4, -0.2) is 17.4 Å². The Labute approximate surface area is 102 Å². The number of aryl methyl sites for hydroxylation is 1. The SMILES string of the molecule is CCc1ccccc1C(=O)C(C)(C)OC(C)=O. The average molecular weight is 234 g/mol. The Morgan fingerprint density at radius 3 is 2.35 bits per heavy atom. The van der Waals surface area contributed by atoms with Crippen molar-refractivity contribution in [1.29, 1.82) is 0 Å². The summed E-state index contributed by atoms with van der Waals surface area (Å²) in [7, 11) is 0. The molecule has 3 nitrogen and oxygen atoms in total. The second-order valence-corrected chi connectivity index (χ2v) is 4.44. The lowest BCUT2D eigenvalue weighted by molar-refractivity contribution is -0.149. The minimum Gasteiger partial charge on any atom is -0.451 e. The predicted octanol–water partition coefficient (Wildman–Crippen LogP) is 2.77. The Morgan fingerprint density at radius 2 is 1.82 bits per heavy atom. The number of benzene rings is 1. The minimum atomic E-state index is -1.11. The third-order valence-corrected chi connectivity index (χ3v) is 2.59. The van der Waals surface area contributed by atoms with E-state index >= 15 is 0 Å². The van der Waals surface area contributed by atoms with Crippen LogP contribution in [0.4, 0.5) is 0 Å². The van der Waals surface area contributed by atoms with Crippen LogP contribution in [0.3, 0.4) is 0 Å². The Bertz CT molecular complexity index is 433. The van der Waals surface area contributed by atoms with Gasteiger partial charge in [0.2, 0.25) is 5.78 Å². The van der Waals surface area contributed by atoms with Gasteiger partial charge in [-0.25, -0.2) is 0 Å². The van der Waals surface area contributed by atoms with Crippen molar-refractivity contribution >= 4 is 11.8 Å². The summed E-state index contributed by atoms with van der Waals surface area (Å²) in [4.78, 5) is 23.3. The van der Waals surface area contributed by atoms with Crippen molar-refractivity contribution in [3.05, 3.63) is 35.4 Å². The van der Waals surface area contributed by atoms with Crippen molar-refractivity contribution in [3.8, 4) is 0 Å². The molecule has 1 rings (SSSR count). The molecule has 0 aliphatic rings. The van der Waals surface area contributed by atoms with E-state index in [0.717, 1.165) is 12.0 Å². The third kappa shape index (κ3) is 3.16. The maximum atomic E-state index is 12.3. The first-order chi connectivity index (χ1) is 7.88. The normalized spacial score (nSPS) is 11.1. The number of ether oxygens (including phenoxy) is 1. The van der Waals surface area contributed by atoms with Crippen LogP contribution in [0.25, 0.3) is 0 Å². The van der Waals surface area contributed by atoms with Crippen molar-refractivity contribution in [3.63, 3.8) is 0 Å². The van der Waals surface area contributed by atoms with Crippen molar-refractivity contribution in [2.75, 3.05) is 0 Å². The van der Waals surface area contributed by atoms with E-state index in [0.29, 0.717) is 5.56 Å². The van der Waals surface area contributed by atoms with Gasteiger partial charge in [0, 0.05) is 12.5 Å². The number of Topliss-reactive ketones (excluding diaryl/α,β-unsaturated/α-hetero) is 1. The van der Waals surface area contributed by atoms with Crippen molar-refractivity contribution < 1.29 is 14.3 Å². The molecule has 3 heteroatoms. The fourth-order valence-corrected chi connectivity index (χ4v) is 1.78. The van der Waals surface area contributed by atoms with Crippen molar-refractivity contribution in [2.45, 2.75) is 39.7 Å². The second kappa shape index (κ2) is 5.13. The molecule has 1 aromatic carbocycles. The predicted molar refractivity (Wildman–Crippen MR) is 66.0 cm³/mol. The minimum absolute atomic E-state index is 0.162. The standard InChI is InChI=1S/C14H18O3/c1-5-11-8-6-7-9-12(11)13(16)14(3,4)17-10(2)15/h6-9H,5H2,1-4H3. The van der Waals surface area contributed by atoms with E-state index in [9.17, 15) is 9.59 Å². The number of ketones is 1. The van der Waals surface area contributed by atoms with Crippen LogP contribution in [0.1, 0.15) is 43.6 Å². The van der Waals surface area contributed by atoms with Crippen molar-refractivity contribution in [1.82, 2.24) is 0 Å². The van der Waals surface area contributed by atoms with Gasteiger partial charge in [-0.05, 0) is 25.8 Å². The lowest BCUT2D eigenvalue weighted by Crippen LogP contribution is -2.37. The quantitative estimate of drug-likeness (QED) is 0.594. The molecule has 92 valence electrons. The highest BCUT2D eigenvalue weighted by Gasteiger charge is 2.32. The summed E-state index contributed by atoms with van der Waals surface area (Å²) in [6, 6.07) is 7.40. The van der Waals surface area contributed by atoms with E-state index in [-0.39, 0.29) is 5.78 Å². The molecule has 1 aromatic rings. The van der Waals surface area contributed by atoms with Crippen molar-refractivity contribution in [2.24, 2.45) is 0 Å². The van der Waals surface area contributed by atoms with Crippen LogP contribution < -0.4 is 0 Å². The van der Waals surface area contributed by atoms with Crippen LogP contribution in [-0.2, 0) is 16.0 Å². The molecule has 0 saturated heterocycles. The summed E-state index contributed by atoms with van der Waals surface area (Å²) >= 11 is 0. The maximum Gasteiger partial charge on any atom is 0.303 e. The Balaban J connectivity index is 3.07. The lowest BCUT2D eigenvalue weighted by atomic mass is 9.92. The van der Waals surface area contributed by atoms with Gasteiger partial charge in [0.05, 0.1) is 0 Å². The lowest BCUT2D eigenvalue weighted by Gasteiger charge is -2.23. The molecule has 0 fully saturated rings. The smallest absolute Gasteiger partial charge is 0.303 e. The van der Waals surface area contributed by atoms with Gasteiger partial charge in [0.15, 0.2) is 5.60 Å². The zero-order valence-electron chi connectivity index (χ0n) is 10.7. The summed E-state index contributed by atoms with van der Waals surface area (Å²) in [5.41, 5.74) is 0.482. The first kappa shape index (κ1) is 13.4. The van der Waals surface area contributed by atoms with Crippen LogP contribution in [0.5, 0.6) is 0 Å². The summed E-state index contributed by atoms with van der Waals surface area (Å²) in [5.74, 6) is -0.609. The van der Waals surface area contributed by atoms with Gasteiger partial charge < -0.3 is 4.74 Å². The van der Waals surface area contributed by atoms with Gasteiger partial charge in [-0.3, -0.25) is 9.59 Å². The molecule has 0 aliphatic heterocycles. The molecule has 0 saturated carbocycles. The molecule has 0 spiro atoms. The first-order valence-electron chi connectivity index (χ1n) is 5.70. The third-order valence-electron chi connectivity index (χ3n) is 2.59. The van der Waals surface area contributed by atoms with Gasteiger partial charge >= 0.3 is 5.97 Å². The van der Waals surface area contributed by atoms with E-state index in [1.807, 2.05) is 25.1 Å². The maximum absolute atomic E-state index is 12.3. The van der Waals surface area contributed by atoms with E-state index in [1.165, 1.54) is 6.92 Å². The van der Waals surface area contributed by atoms with E-state index in [1.54, 1.807) is 19.9 Å². The molecule has 0 aromatic heterocycles. The van der Waals surface area contributed by atoms with E-state index in [2.05, 4.69) is 0 Å². The van der Waals surface area contributed by atoms with Crippen LogP contribution in [0.2, 0.25) is 0 Å². The fourth-order valence-electron chi connectivity index (χ4n) is 1.78. The average Bonchev–Trinajstić information content (AvgIpc) is 2.26. The highest BCUT2D eigenvalue weighted by atomic mass is 16.6. The Kier molecular flexibility index (Phi) is 4.05. The van der Waals surface area contributed by atoms with Gasteiger partial charge in [-0.2, -0.15) is 0 Å². The van der Waals surface area contributed by atoms with Crippen LogP contribution in [0, 0.1) is 0 Å². The molecular formula is C14H18O3. The van der Waals surface area contributed by atoms with Gasteiger partial charge in [-0.1, -0.05) is 31.2 Å². The number of carbonyl (C=O) groups excluding carboxylic acids is 2. The molecule has 17 heavy (non-hydrogen) atoms. The number of rotatable bonds is 4. The van der Waals surface area contributed by atoms with Gasteiger partial charge in [0.1, 0.15) is 0 Å². The summed E-state index contributed by atoms with van der Waals surface area (Å²) in [6.07, 6.45) is 0.776. The summed E-state index contributed by atoms with van der Waals surface area (Å²) < 4.78 is 5.06. The second-order valence-electron chi connectivity index (χ2n) is 4.44. The molecule has 0 bridgehead atoms. The summed E-state index contributed by atoms with van der Waals surface area (Å²) in [6.45, 7) is 6.53. The van der Waals surface area contributed by atoms with Crippen LogP contribution >= 0.6 is 0 Å². The highest BCUT2D eigenvalue weighted by molar-refractivity contribution is 6.04. The molecule has 0 atom stereocenters. The van der Waals surface area contributed by atoms with Gasteiger partial charge in [-0.15, -0.1) is 0 Å². The topological polar surface area (TPSA) is 43.4 Å². The Hall–Kier alpha value is -1.64. The zero-order chi connectivity index (χ0) is 13.1. The highest BCUT2D eigenvalue weighted by Crippen LogP contribution is 2.20. The molecule has 0 aliphatic carbocycles. The molecular weight excluding hydrogens is 216 g/mol. The number of carbonyl (C=O) groups is 2. The number of hydrogen-bond donors (Lipinski definition) is 0. The van der Waals surface area contributed by atoms with E-state index < -0.39 is 11.6 Å². The first-order valence-corrected chi connectivity index (χ1v) is 5.70. The Morgan fingerprint density at radius 1 is 1.24 bits per heavy atom.